The summed E-state index contributed by atoms with van der Waals surface area (Å²) in [5.74, 6) is -0.485. The number of carbonyl (C=O) groups excluding carboxylic acids is 2. The first kappa shape index (κ1) is 19.9. The minimum atomic E-state index is -0.331. The van der Waals surface area contributed by atoms with Gasteiger partial charge >= 0.3 is 11.9 Å². The Morgan fingerprint density at radius 2 is 1.67 bits per heavy atom. The summed E-state index contributed by atoms with van der Waals surface area (Å²) in [6.45, 7) is 7.81. The zero-order chi connectivity index (χ0) is 17.9. The highest BCUT2D eigenvalue weighted by atomic mass is 16.5. The molecule has 0 amide bonds. The van der Waals surface area contributed by atoms with Crippen LogP contribution in [0.3, 0.4) is 0 Å². The van der Waals surface area contributed by atoms with E-state index in [-0.39, 0.29) is 17.9 Å². The number of rotatable bonds is 3. The minimum absolute atomic E-state index is 0.170. The van der Waals surface area contributed by atoms with Crippen LogP contribution in [0.25, 0.3) is 0 Å². The average Bonchev–Trinajstić information content (AvgIpc) is 3.23. The van der Waals surface area contributed by atoms with Crippen LogP contribution in [0.5, 0.6) is 0 Å². The molecule has 0 radical (unpaired) electrons. The molecule has 0 saturated carbocycles. The van der Waals surface area contributed by atoms with Crippen molar-refractivity contribution in [2.45, 2.75) is 6.92 Å². The summed E-state index contributed by atoms with van der Waals surface area (Å²) < 4.78 is 19.3. The van der Waals surface area contributed by atoms with Crippen molar-refractivity contribution in [1.82, 2.24) is 0 Å². The lowest BCUT2D eigenvalue weighted by Crippen LogP contribution is -2.02. The number of esters is 2. The first-order chi connectivity index (χ1) is 11.5. The van der Waals surface area contributed by atoms with Gasteiger partial charge in [-0.2, -0.15) is 0 Å². The molecule has 6 nitrogen and oxygen atoms in total. The Hall–Kier alpha value is -2.18. The van der Waals surface area contributed by atoms with Crippen molar-refractivity contribution in [2.24, 2.45) is 5.92 Å². The lowest BCUT2D eigenvalue weighted by molar-refractivity contribution is -0.135. The molecule has 2 aliphatic heterocycles. The quantitative estimate of drug-likeness (QED) is 0.446. The number of carbonyl (C=O) groups is 2. The van der Waals surface area contributed by atoms with Crippen LogP contribution in [-0.2, 0) is 28.5 Å². The summed E-state index contributed by atoms with van der Waals surface area (Å²) in [7, 11) is 2.72. The van der Waals surface area contributed by atoms with Gasteiger partial charge in [0.15, 0.2) is 0 Å². The zero-order valence-electron chi connectivity index (χ0n) is 14.4. The van der Waals surface area contributed by atoms with Gasteiger partial charge in [-0.15, -0.1) is 6.58 Å². The second-order valence-corrected chi connectivity index (χ2v) is 5.10. The molecule has 0 aromatic heterocycles. The SMILES string of the molecule is C/C=C1/COC/C1=C\C(=O)OC.C=CC1COC/C1=C\C(=O)OC. The van der Waals surface area contributed by atoms with Gasteiger partial charge in [-0.1, -0.05) is 12.2 Å². The molecule has 0 bridgehead atoms. The zero-order valence-corrected chi connectivity index (χ0v) is 14.4. The summed E-state index contributed by atoms with van der Waals surface area (Å²) in [5, 5.41) is 0. The second-order valence-electron chi connectivity index (χ2n) is 5.10. The summed E-state index contributed by atoms with van der Waals surface area (Å²) >= 11 is 0. The Labute approximate surface area is 142 Å². The molecule has 1 atom stereocenters. The second kappa shape index (κ2) is 10.6. The number of allylic oxidation sites excluding steroid dienone is 1. The van der Waals surface area contributed by atoms with Gasteiger partial charge in [0.1, 0.15) is 0 Å². The maximum Gasteiger partial charge on any atom is 0.330 e. The molecule has 2 rings (SSSR count). The predicted molar refractivity (Wildman–Crippen MR) is 89.3 cm³/mol. The molecule has 0 N–H and O–H groups in total. The highest BCUT2D eigenvalue weighted by Crippen LogP contribution is 2.20. The van der Waals surface area contributed by atoms with Crippen LogP contribution in [0.4, 0.5) is 0 Å². The maximum atomic E-state index is 10.8. The van der Waals surface area contributed by atoms with Crippen molar-refractivity contribution in [2.75, 3.05) is 40.6 Å². The molecule has 0 aliphatic carbocycles. The normalized spacial score (nSPS) is 24.6. The Morgan fingerprint density at radius 3 is 2.25 bits per heavy atom. The van der Waals surface area contributed by atoms with Gasteiger partial charge in [0.05, 0.1) is 40.6 Å². The standard InChI is InChI=1S/2C9H12O3/c2*1-3-7-5-12-6-8(7)4-9(10)11-2/h3-4H,5-6H2,1-2H3;3-4,7H,1,5-6H2,2H3/b7-3-,8-4+;8-4+. The van der Waals surface area contributed by atoms with Crippen molar-refractivity contribution >= 4 is 11.9 Å². The Kier molecular flexibility index (Phi) is 8.75. The summed E-state index contributed by atoms with van der Waals surface area (Å²) in [5.41, 5.74) is 2.93. The molecule has 0 aromatic carbocycles. The smallest absolute Gasteiger partial charge is 0.330 e. The van der Waals surface area contributed by atoms with Gasteiger partial charge in [0.2, 0.25) is 0 Å². The molecule has 6 heteroatoms. The fourth-order valence-electron chi connectivity index (χ4n) is 2.16. The van der Waals surface area contributed by atoms with Crippen molar-refractivity contribution in [1.29, 1.82) is 0 Å². The van der Waals surface area contributed by atoms with Gasteiger partial charge in [-0.25, -0.2) is 9.59 Å². The van der Waals surface area contributed by atoms with Gasteiger partial charge in [0, 0.05) is 18.1 Å². The van der Waals surface area contributed by atoms with Crippen LogP contribution in [0.1, 0.15) is 6.92 Å². The van der Waals surface area contributed by atoms with Crippen LogP contribution in [0.2, 0.25) is 0 Å². The molecule has 2 aliphatic rings. The third kappa shape index (κ3) is 6.14. The highest BCUT2D eigenvalue weighted by Gasteiger charge is 2.19. The molecule has 132 valence electrons. The molecule has 1 unspecified atom stereocenters. The maximum absolute atomic E-state index is 10.8. The van der Waals surface area contributed by atoms with Crippen LogP contribution >= 0.6 is 0 Å². The minimum Gasteiger partial charge on any atom is -0.466 e. The Morgan fingerprint density at radius 1 is 1.04 bits per heavy atom. The third-order valence-electron chi connectivity index (χ3n) is 3.60. The van der Waals surface area contributed by atoms with Gasteiger partial charge < -0.3 is 18.9 Å². The van der Waals surface area contributed by atoms with Crippen molar-refractivity contribution in [3.63, 3.8) is 0 Å². The van der Waals surface area contributed by atoms with E-state index < -0.39 is 0 Å². The lowest BCUT2D eigenvalue weighted by atomic mass is 10.0. The highest BCUT2D eigenvalue weighted by molar-refractivity contribution is 5.84. The lowest BCUT2D eigenvalue weighted by Gasteiger charge is -2.01. The fourth-order valence-corrected chi connectivity index (χ4v) is 2.16. The molecule has 0 spiro atoms. The van der Waals surface area contributed by atoms with E-state index in [2.05, 4.69) is 16.1 Å². The first-order valence-corrected chi connectivity index (χ1v) is 7.56. The monoisotopic (exact) mass is 336 g/mol. The Bertz CT molecular complexity index is 556. The number of hydrogen-bond acceptors (Lipinski definition) is 6. The summed E-state index contributed by atoms with van der Waals surface area (Å²) in [4.78, 5) is 21.7. The van der Waals surface area contributed by atoms with Gasteiger partial charge in [-0.05, 0) is 23.6 Å². The van der Waals surface area contributed by atoms with E-state index in [4.69, 9.17) is 9.47 Å². The Balaban J connectivity index is 0.000000240. The van der Waals surface area contributed by atoms with Crippen molar-refractivity contribution in [3.8, 4) is 0 Å². The van der Waals surface area contributed by atoms with Crippen LogP contribution in [0.15, 0.2) is 47.6 Å². The molecular weight excluding hydrogens is 312 g/mol. The average molecular weight is 336 g/mol. The fraction of sp³-hybridized carbons (Fsp3) is 0.444. The van der Waals surface area contributed by atoms with Gasteiger partial charge in [-0.3, -0.25) is 0 Å². The summed E-state index contributed by atoms with van der Waals surface area (Å²) in [6.07, 6.45) is 6.67. The summed E-state index contributed by atoms with van der Waals surface area (Å²) in [6, 6.07) is 0. The molecule has 2 saturated heterocycles. The van der Waals surface area contributed by atoms with E-state index in [0.29, 0.717) is 26.4 Å². The van der Waals surface area contributed by atoms with Crippen LogP contribution < -0.4 is 0 Å². The first-order valence-electron chi connectivity index (χ1n) is 7.56. The van der Waals surface area contributed by atoms with E-state index in [1.165, 1.54) is 26.4 Å². The van der Waals surface area contributed by atoms with Crippen LogP contribution in [-0.4, -0.2) is 52.6 Å². The largest absolute Gasteiger partial charge is 0.466 e. The number of ether oxygens (including phenoxy) is 4. The van der Waals surface area contributed by atoms with E-state index >= 15 is 0 Å². The molecule has 0 aromatic rings. The van der Waals surface area contributed by atoms with Gasteiger partial charge in [0.25, 0.3) is 0 Å². The molecule has 24 heavy (non-hydrogen) atoms. The number of methoxy groups -OCH3 is 2. The van der Waals surface area contributed by atoms with E-state index in [0.717, 1.165) is 16.7 Å². The van der Waals surface area contributed by atoms with Crippen molar-refractivity contribution in [3.05, 3.63) is 47.6 Å². The van der Waals surface area contributed by atoms with E-state index in [1.807, 2.05) is 13.0 Å². The predicted octanol–water partition coefficient (Wildman–Crippen LogP) is 1.98. The third-order valence-corrected chi connectivity index (χ3v) is 3.60. The molecule has 2 heterocycles. The van der Waals surface area contributed by atoms with Crippen molar-refractivity contribution < 1.29 is 28.5 Å². The van der Waals surface area contributed by atoms with E-state index in [1.54, 1.807) is 6.08 Å². The topological polar surface area (TPSA) is 71.1 Å². The molecular formula is C18H24O6. The molecule has 2 fully saturated rings. The van der Waals surface area contributed by atoms with Crippen LogP contribution in [0, 0.1) is 5.92 Å². The number of hydrogen-bond donors (Lipinski definition) is 0. The van der Waals surface area contributed by atoms with E-state index in [9.17, 15) is 9.59 Å².